The molecule has 1 saturated heterocycles. The highest BCUT2D eigenvalue weighted by molar-refractivity contribution is 4.99. The lowest BCUT2D eigenvalue weighted by Crippen LogP contribution is -2.28. The molecule has 2 fully saturated rings. The van der Waals surface area contributed by atoms with Crippen molar-refractivity contribution in [1.29, 1.82) is 0 Å². The van der Waals surface area contributed by atoms with E-state index in [-0.39, 0.29) is 0 Å². The first kappa shape index (κ1) is 10.3. The summed E-state index contributed by atoms with van der Waals surface area (Å²) in [6.45, 7) is 2.12. The van der Waals surface area contributed by atoms with Crippen LogP contribution in [0, 0.1) is 0 Å². The van der Waals surface area contributed by atoms with Gasteiger partial charge in [0.1, 0.15) is 0 Å². The molecule has 16 heavy (non-hydrogen) atoms. The summed E-state index contributed by atoms with van der Waals surface area (Å²) in [5.74, 6) is 2.72. The van der Waals surface area contributed by atoms with E-state index in [1.807, 2.05) is 0 Å². The number of nitrogens with zero attached hydrogens (tertiary/aromatic N) is 2. The number of hydrogen-bond donors (Lipinski definition) is 1. The van der Waals surface area contributed by atoms with Gasteiger partial charge in [-0.25, -0.2) is 0 Å². The van der Waals surface area contributed by atoms with Gasteiger partial charge >= 0.3 is 0 Å². The van der Waals surface area contributed by atoms with E-state index in [4.69, 9.17) is 4.42 Å². The second-order valence-electron chi connectivity index (χ2n) is 5.00. The van der Waals surface area contributed by atoms with Crippen molar-refractivity contribution in [2.24, 2.45) is 0 Å². The molecule has 4 nitrogen and oxygen atoms in total. The number of piperidine rings is 1. The van der Waals surface area contributed by atoms with E-state index in [0.717, 1.165) is 24.9 Å². The maximum atomic E-state index is 5.84. The monoisotopic (exact) mass is 221 g/mol. The molecule has 0 amide bonds. The Balaban J connectivity index is 1.71. The van der Waals surface area contributed by atoms with E-state index >= 15 is 0 Å². The minimum Gasteiger partial charge on any atom is -0.425 e. The highest BCUT2D eigenvalue weighted by Crippen LogP contribution is 2.34. The minimum atomic E-state index is 0.441. The lowest BCUT2D eigenvalue weighted by molar-refractivity contribution is 0.351. The van der Waals surface area contributed by atoms with Gasteiger partial charge in [0.05, 0.1) is 0 Å². The van der Waals surface area contributed by atoms with Crippen LogP contribution in [0.25, 0.3) is 0 Å². The van der Waals surface area contributed by atoms with Gasteiger partial charge in [-0.05, 0) is 32.2 Å². The Morgan fingerprint density at radius 2 is 1.62 bits per heavy atom. The largest absolute Gasteiger partial charge is 0.425 e. The molecule has 4 heteroatoms. The number of nitrogens with one attached hydrogen (secondary N) is 1. The van der Waals surface area contributed by atoms with Crippen LogP contribution in [0.2, 0.25) is 0 Å². The van der Waals surface area contributed by atoms with E-state index < -0.39 is 0 Å². The maximum Gasteiger partial charge on any atom is 0.220 e. The van der Waals surface area contributed by atoms with Gasteiger partial charge in [-0.15, -0.1) is 10.2 Å². The Labute approximate surface area is 95.8 Å². The summed E-state index contributed by atoms with van der Waals surface area (Å²) in [7, 11) is 0. The zero-order valence-corrected chi connectivity index (χ0v) is 9.61. The van der Waals surface area contributed by atoms with Crippen LogP contribution in [-0.4, -0.2) is 23.3 Å². The molecule has 1 aliphatic heterocycles. The molecule has 0 aromatic carbocycles. The lowest BCUT2D eigenvalue weighted by atomic mass is 10.00. The standard InChI is InChI=1S/C12H19N3O/c1-2-5-9(4-1)11-14-15-12(16-11)10-6-3-7-13-8-10/h9-10,13H,1-8H2. The Morgan fingerprint density at radius 1 is 0.938 bits per heavy atom. The van der Waals surface area contributed by atoms with Gasteiger partial charge in [-0.3, -0.25) is 0 Å². The highest BCUT2D eigenvalue weighted by atomic mass is 16.4. The van der Waals surface area contributed by atoms with Crippen LogP contribution < -0.4 is 5.32 Å². The number of hydrogen-bond acceptors (Lipinski definition) is 4. The van der Waals surface area contributed by atoms with Crippen molar-refractivity contribution in [3.8, 4) is 0 Å². The minimum absolute atomic E-state index is 0.441. The molecule has 1 saturated carbocycles. The predicted molar refractivity (Wildman–Crippen MR) is 60.4 cm³/mol. The fourth-order valence-corrected chi connectivity index (χ4v) is 2.81. The summed E-state index contributed by atoms with van der Waals surface area (Å²) in [6, 6.07) is 0. The molecule has 1 atom stereocenters. The van der Waals surface area contributed by atoms with Crippen LogP contribution in [0.15, 0.2) is 4.42 Å². The summed E-state index contributed by atoms with van der Waals surface area (Å²) < 4.78 is 5.84. The van der Waals surface area contributed by atoms with Crippen molar-refractivity contribution < 1.29 is 4.42 Å². The molecule has 3 rings (SSSR count). The SMILES string of the molecule is C1CCC(c2nnc(C3CCCNC3)o2)C1. The molecule has 1 unspecified atom stereocenters. The first-order valence-electron chi connectivity index (χ1n) is 6.47. The van der Waals surface area contributed by atoms with Gasteiger partial charge in [0.25, 0.3) is 0 Å². The van der Waals surface area contributed by atoms with Crippen molar-refractivity contribution in [3.05, 3.63) is 11.8 Å². The zero-order chi connectivity index (χ0) is 10.8. The van der Waals surface area contributed by atoms with E-state index in [1.165, 1.54) is 38.5 Å². The van der Waals surface area contributed by atoms with Crippen LogP contribution in [-0.2, 0) is 0 Å². The molecule has 0 radical (unpaired) electrons. The zero-order valence-electron chi connectivity index (χ0n) is 9.61. The molecule has 1 aromatic rings. The predicted octanol–water partition coefficient (Wildman–Crippen LogP) is 2.19. The van der Waals surface area contributed by atoms with E-state index in [0.29, 0.717) is 11.8 Å². The van der Waals surface area contributed by atoms with Crippen LogP contribution >= 0.6 is 0 Å². The molecule has 1 aromatic heterocycles. The number of aromatic nitrogens is 2. The van der Waals surface area contributed by atoms with Gasteiger partial charge in [-0.2, -0.15) is 0 Å². The van der Waals surface area contributed by atoms with Crippen molar-refractivity contribution in [3.63, 3.8) is 0 Å². The van der Waals surface area contributed by atoms with Crippen molar-refractivity contribution in [2.75, 3.05) is 13.1 Å². The van der Waals surface area contributed by atoms with Crippen LogP contribution in [0.1, 0.15) is 62.1 Å². The van der Waals surface area contributed by atoms with Crippen LogP contribution in [0.3, 0.4) is 0 Å². The molecule has 0 bridgehead atoms. The summed E-state index contributed by atoms with van der Waals surface area (Å²) in [5.41, 5.74) is 0. The molecular formula is C12H19N3O. The third kappa shape index (κ3) is 1.98. The normalized spacial score (nSPS) is 27.4. The highest BCUT2D eigenvalue weighted by Gasteiger charge is 2.26. The summed E-state index contributed by atoms with van der Waals surface area (Å²) >= 11 is 0. The van der Waals surface area contributed by atoms with E-state index in [9.17, 15) is 0 Å². The summed E-state index contributed by atoms with van der Waals surface area (Å²) in [6.07, 6.45) is 7.47. The first-order chi connectivity index (χ1) is 7.93. The van der Waals surface area contributed by atoms with Crippen LogP contribution in [0.5, 0.6) is 0 Å². The smallest absolute Gasteiger partial charge is 0.220 e. The third-order valence-corrected chi connectivity index (χ3v) is 3.81. The number of rotatable bonds is 2. The van der Waals surface area contributed by atoms with Crippen molar-refractivity contribution >= 4 is 0 Å². The molecule has 2 heterocycles. The van der Waals surface area contributed by atoms with Gasteiger partial charge in [0.2, 0.25) is 11.8 Å². The van der Waals surface area contributed by atoms with Gasteiger partial charge < -0.3 is 9.73 Å². The van der Waals surface area contributed by atoms with E-state index in [1.54, 1.807) is 0 Å². The lowest BCUT2D eigenvalue weighted by Gasteiger charge is -2.19. The molecular weight excluding hydrogens is 202 g/mol. The fraction of sp³-hybridized carbons (Fsp3) is 0.833. The summed E-state index contributed by atoms with van der Waals surface area (Å²) in [5, 5.41) is 11.8. The first-order valence-corrected chi connectivity index (χ1v) is 6.47. The Morgan fingerprint density at radius 3 is 2.31 bits per heavy atom. The quantitative estimate of drug-likeness (QED) is 0.831. The second kappa shape index (κ2) is 4.53. The Bertz CT molecular complexity index is 338. The average molecular weight is 221 g/mol. The van der Waals surface area contributed by atoms with Gasteiger partial charge in [0, 0.05) is 18.4 Å². The fourth-order valence-electron chi connectivity index (χ4n) is 2.81. The molecule has 1 N–H and O–H groups in total. The topological polar surface area (TPSA) is 51.0 Å². The Hall–Kier alpha value is -0.900. The third-order valence-electron chi connectivity index (χ3n) is 3.81. The van der Waals surface area contributed by atoms with Crippen molar-refractivity contribution in [2.45, 2.75) is 50.4 Å². The van der Waals surface area contributed by atoms with Crippen molar-refractivity contribution in [1.82, 2.24) is 15.5 Å². The maximum absolute atomic E-state index is 5.84. The Kier molecular flexibility index (Phi) is 2.91. The molecule has 88 valence electrons. The summed E-state index contributed by atoms with van der Waals surface area (Å²) in [4.78, 5) is 0. The molecule has 2 aliphatic rings. The van der Waals surface area contributed by atoms with Gasteiger partial charge in [-0.1, -0.05) is 12.8 Å². The van der Waals surface area contributed by atoms with Gasteiger partial charge in [0.15, 0.2) is 0 Å². The van der Waals surface area contributed by atoms with E-state index in [2.05, 4.69) is 15.5 Å². The molecule has 0 spiro atoms. The van der Waals surface area contributed by atoms with Crippen LogP contribution in [0.4, 0.5) is 0 Å². The average Bonchev–Trinajstić information content (AvgIpc) is 3.01. The molecule has 1 aliphatic carbocycles. The second-order valence-corrected chi connectivity index (χ2v) is 5.00.